The minimum Gasteiger partial charge on any atom is -0.465 e. The van der Waals surface area contributed by atoms with E-state index in [0.29, 0.717) is 24.9 Å². The third kappa shape index (κ3) is 3.76. The Morgan fingerprint density at radius 3 is 2.52 bits per heavy atom. The lowest BCUT2D eigenvalue weighted by molar-refractivity contribution is -0.151. The summed E-state index contributed by atoms with van der Waals surface area (Å²) in [6, 6.07) is 0.500. The summed E-state index contributed by atoms with van der Waals surface area (Å²) < 4.78 is 11.2. The van der Waals surface area contributed by atoms with Crippen LogP contribution in [-0.2, 0) is 14.3 Å². The van der Waals surface area contributed by atoms with Crippen LogP contribution in [0.2, 0.25) is 0 Å². The van der Waals surface area contributed by atoms with E-state index in [1.807, 2.05) is 13.8 Å². The smallest absolute Gasteiger partial charge is 0.326 e. The zero-order valence-electron chi connectivity index (χ0n) is 13.3. The normalized spacial score (nSPS) is 31.9. The minimum absolute atomic E-state index is 0.104. The van der Waals surface area contributed by atoms with Crippen molar-refractivity contribution in [1.29, 1.82) is 0 Å². The van der Waals surface area contributed by atoms with Crippen LogP contribution in [0.4, 0.5) is 0 Å². The van der Waals surface area contributed by atoms with Gasteiger partial charge < -0.3 is 9.47 Å². The van der Waals surface area contributed by atoms with Crippen molar-refractivity contribution in [2.45, 2.75) is 69.7 Å². The molecule has 2 saturated heterocycles. The molecule has 0 aromatic heterocycles. The highest BCUT2D eigenvalue weighted by Gasteiger charge is 2.41. The Morgan fingerprint density at radius 2 is 1.95 bits per heavy atom. The van der Waals surface area contributed by atoms with Gasteiger partial charge in [-0.2, -0.15) is 0 Å². The monoisotopic (exact) mass is 296 g/mol. The van der Waals surface area contributed by atoms with Gasteiger partial charge in [-0.05, 0) is 46.0 Å². The number of rotatable bonds is 7. The first kappa shape index (κ1) is 15.3. The molecular formula is C16H28N2O3. The molecule has 0 aromatic carbocycles. The average molecular weight is 296 g/mol. The number of nitrogens with one attached hydrogen (secondary N) is 1. The summed E-state index contributed by atoms with van der Waals surface area (Å²) in [4.78, 5) is 14.8. The highest BCUT2D eigenvalue weighted by atomic mass is 16.5. The van der Waals surface area contributed by atoms with Crippen molar-refractivity contribution in [3.63, 3.8) is 0 Å². The number of hydrogen-bond donors (Lipinski definition) is 1. The molecule has 2 bridgehead atoms. The zero-order valence-corrected chi connectivity index (χ0v) is 13.3. The van der Waals surface area contributed by atoms with E-state index in [0.717, 1.165) is 26.1 Å². The molecule has 2 heterocycles. The fraction of sp³-hybridized carbons (Fsp3) is 0.938. The Labute approximate surface area is 127 Å². The minimum atomic E-state index is -0.547. The van der Waals surface area contributed by atoms with E-state index < -0.39 is 5.54 Å². The number of morpholine rings is 1. The molecule has 120 valence electrons. The molecule has 5 nitrogen and oxygen atoms in total. The van der Waals surface area contributed by atoms with Gasteiger partial charge in [-0.15, -0.1) is 0 Å². The van der Waals surface area contributed by atoms with E-state index in [1.165, 1.54) is 25.7 Å². The van der Waals surface area contributed by atoms with Crippen LogP contribution in [0.5, 0.6) is 0 Å². The SMILES string of the molecule is CCOC(=O)C(C)(CCN1CC2CCC(C1)O2)NC1CC1. The summed E-state index contributed by atoms with van der Waals surface area (Å²) in [5.41, 5.74) is -0.547. The Kier molecular flexibility index (Phi) is 4.52. The molecule has 1 aliphatic carbocycles. The van der Waals surface area contributed by atoms with E-state index in [9.17, 15) is 4.79 Å². The summed E-state index contributed by atoms with van der Waals surface area (Å²) >= 11 is 0. The zero-order chi connectivity index (χ0) is 14.9. The first-order valence-corrected chi connectivity index (χ1v) is 8.42. The second kappa shape index (κ2) is 6.23. The quantitative estimate of drug-likeness (QED) is 0.718. The molecule has 0 amide bonds. The molecule has 2 aliphatic heterocycles. The summed E-state index contributed by atoms with van der Waals surface area (Å²) in [6.07, 6.45) is 6.37. The molecule has 5 heteroatoms. The summed E-state index contributed by atoms with van der Waals surface area (Å²) in [7, 11) is 0. The summed E-state index contributed by atoms with van der Waals surface area (Å²) in [5.74, 6) is -0.104. The fourth-order valence-electron chi connectivity index (χ4n) is 3.47. The van der Waals surface area contributed by atoms with Crippen molar-refractivity contribution in [3.8, 4) is 0 Å². The van der Waals surface area contributed by atoms with Crippen molar-refractivity contribution in [2.75, 3.05) is 26.2 Å². The van der Waals surface area contributed by atoms with Gasteiger partial charge >= 0.3 is 5.97 Å². The highest BCUT2D eigenvalue weighted by Crippen LogP contribution is 2.28. The number of nitrogens with zero attached hydrogens (tertiary/aromatic N) is 1. The van der Waals surface area contributed by atoms with Gasteiger partial charge in [0.25, 0.3) is 0 Å². The van der Waals surface area contributed by atoms with Gasteiger partial charge in [0.15, 0.2) is 0 Å². The molecule has 21 heavy (non-hydrogen) atoms. The molecule has 3 fully saturated rings. The van der Waals surface area contributed by atoms with Crippen LogP contribution in [0.3, 0.4) is 0 Å². The number of ether oxygens (including phenoxy) is 2. The number of likely N-dealkylation sites (tertiary alicyclic amines) is 1. The molecule has 0 radical (unpaired) electrons. The lowest BCUT2D eigenvalue weighted by atomic mass is 9.97. The lowest BCUT2D eigenvalue weighted by Crippen LogP contribution is -2.54. The van der Waals surface area contributed by atoms with Gasteiger partial charge in [0, 0.05) is 25.7 Å². The number of carbonyl (C=O) groups excluding carboxylic acids is 1. The maximum Gasteiger partial charge on any atom is 0.326 e. The van der Waals surface area contributed by atoms with Crippen molar-refractivity contribution in [2.24, 2.45) is 0 Å². The second-order valence-corrected chi connectivity index (χ2v) is 6.94. The Morgan fingerprint density at radius 1 is 1.29 bits per heavy atom. The molecule has 3 unspecified atom stereocenters. The summed E-state index contributed by atoms with van der Waals surface area (Å²) in [6.45, 7) is 7.28. The van der Waals surface area contributed by atoms with E-state index in [2.05, 4.69) is 10.2 Å². The predicted octanol–water partition coefficient (Wildman–Crippen LogP) is 1.31. The third-order valence-corrected chi connectivity index (χ3v) is 4.87. The maximum absolute atomic E-state index is 12.3. The van der Waals surface area contributed by atoms with Crippen LogP contribution in [0.25, 0.3) is 0 Å². The van der Waals surface area contributed by atoms with Gasteiger partial charge in [-0.1, -0.05) is 0 Å². The molecular weight excluding hydrogens is 268 g/mol. The van der Waals surface area contributed by atoms with Gasteiger partial charge in [0.2, 0.25) is 0 Å². The number of esters is 1. The molecule has 1 saturated carbocycles. The second-order valence-electron chi connectivity index (χ2n) is 6.94. The van der Waals surface area contributed by atoms with Crippen LogP contribution in [-0.4, -0.2) is 60.9 Å². The van der Waals surface area contributed by atoms with Crippen LogP contribution in [0.1, 0.15) is 46.0 Å². The molecule has 1 N–H and O–H groups in total. The van der Waals surface area contributed by atoms with Crippen molar-refractivity contribution in [1.82, 2.24) is 10.2 Å². The van der Waals surface area contributed by atoms with E-state index in [-0.39, 0.29) is 5.97 Å². The maximum atomic E-state index is 12.3. The number of hydrogen-bond acceptors (Lipinski definition) is 5. The predicted molar refractivity (Wildman–Crippen MR) is 80.1 cm³/mol. The first-order valence-electron chi connectivity index (χ1n) is 8.42. The first-order chi connectivity index (χ1) is 10.1. The largest absolute Gasteiger partial charge is 0.465 e. The van der Waals surface area contributed by atoms with Crippen molar-refractivity contribution in [3.05, 3.63) is 0 Å². The topological polar surface area (TPSA) is 50.8 Å². The van der Waals surface area contributed by atoms with E-state index in [4.69, 9.17) is 9.47 Å². The van der Waals surface area contributed by atoms with Gasteiger partial charge in [-0.3, -0.25) is 15.0 Å². The lowest BCUT2D eigenvalue weighted by Gasteiger charge is -2.35. The fourth-order valence-corrected chi connectivity index (χ4v) is 3.47. The molecule has 3 atom stereocenters. The Balaban J connectivity index is 1.54. The van der Waals surface area contributed by atoms with Crippen molar-refractivity contribution < 1.29 is 14.3 Å². The average Bonchev–Trinajstić information content (AvgIpc) is 3.21. The van der Waals surface area contributed by atoms with E-state index >= 15 is 0 Å². The van der Waals surface area contributed by atoms with Crippen LogP contribution < -0.4 is 5.32 Å². The summed E-state index contributed by atoms with van der Waals surface area (Å²) in [5, 5.41) is 3.50. The van der Waals surface area contributed by atoms with Crippen LogP contribution in [0, 0.1) is 0 Å². The molecule has 0 aromatic rings. The van der Waals surface area contributed by atoms with Crippen molar-refractivity contribution >= 4 is 5.97 Å². The molecule has 0 spiro atoms. The highest BCUT2D eigenvalue weighted by molar-refractivity contribution is 5.80. The molecule has 3 aliphatic rings. The third-order valence-electron chi connectivity index (χ3n) is 4.87. The number of carbonyl (C=O) groups is 1. The van der Waals surface area contributed by atoms with Crippen LogP contribution in [0.15, 0.2) is 0 Å². The van der Waals surface area contributed by atoms with Gasteiger partial charge in [0.1, 0.15) is 5.54 Å². The van der Waals surface area contributed by atoms with Gasteiger partial charge in [-0.25, -0.2) is 0 Å². The van der Waals surface area contributed by atoms with E-state index in [1.54, 1.807) is 0 Å². The van der Waals surface area contributed by atoms with Crippen LogP contribution >= 0.6 is 0 Å². The standard InChI is InChI=1S/C16H28N2O3/c1-3-20-15(19)16(2,17-12-4-5-12)8-9-18-10-13-6-7-14(11-18)21-13/h12-14,17H,3-11H2,1-2H3. The Hall–Kier alpha value is -0.650. The number of fused-ring (bicyclic) bond motifs is 2. The molecule has 3 rings (SSSR count). The van der Waals surface area contributed by atoms with Gasteiger partial charge in [0.05, 0.1) is 18.8 Å². The Bertz CT molecular complexity index is 374.